The average molecular weight is 401 g/mol. The lowest BCUT2D eigenvalue weighted by atomic mass is 9.89. The Hall–Kier alpha value is -2.30. The Morgan fingerprint density at radius 1 is 1.10 bits per heavy atom. The largest absolute Gasteiger partial charge is 0.481 e. The van der Waals surface area contributed by atoms with Crippen LogP contribution in [-0.4, -0.2) is 18.7 Å². The number of hydrogen-bond donors (Lipinski definition) is 0. The van der Waals surface area contributed by atoms with Crippen molar-refractivity contribution in [2.24, 2.45) is 0 Å². The fourth-order valence-electron chi connectivity index (χ4n) is 4.02. The van der Waals surface area contributed by atoms with E-state index in [2.05, 4.69) is 13.0 Å². The molecule has 0 aliphatic heterocycles. The molecule has 0 amide bonds. The Bertz CT molecular complexity index is 910. The third-order valence-electron chi connectivity index (χ3n) is 5.42. The first-order valence-corrected chi connectivity index (χ1v) is 10.9. The summed E-state index contributed by atoms with van der Waals surface area (Å²) >= 11 is 0. The van der Waals surface area contributed by atoms with Crippen molar-refractivity contribution in [2.45, 2.75) is 84.7 Å². The number of esters is 1. The lowest BCUT2D eigenvalue weighted by molar-refractivity contribution is -0.149. The SMILES string of the molecule is CCCCCCc1cc2c3c(c(=O)oc2cc1OCC(=O)OC(C)C)CCCC3. The maximum Gasteiger partial charge on any atom is 0.344 e. The summed E-state index contributed by atoms with van der Waals surface area (Å²) < 4.78 is 16.6. The van der Waals surface area contributed by atoms with Crippen LogP contribution in [0.1, 0.15) is 76.0 Å². The molecule has 0 radical (unpaired) electrons. The fraction of sp³-hybridized carbons (Fsp3) is 0.583. The number of unbranched alkanes of at least 4 members (excludes halogenated alkanes) is 3. The maximum absolute atomic E-state index is 12.4. The van der Waals surface area contributed by atoms with Gasteiger partial charge in [-0.05, 0) is 69.6 Å². The highest BCUT2D eigenvalue weighted by molar-refractivity contribution is 5.84. The number of hydrogen-bond acceptors (Lipinski definition) is 5. The van der Waals surface area contributed by atoms with E-state index in [1.807, 2.05) is 13.8 Å². The molecule has 1 aromatic heterocycles. The van der Waals surface area contributed by atoms with Crippen molar-refractivity contribution in [3.05, 3.63) is 39.2 Å². The van der Waals surface area contributed by atoms with Crippen molar-refractivity contribution in [1.29, 1.82) is 0 Å². The normalized spacial score (nSPS) is 13.5. The Labute approximate surface area is 172 Å². The van der Waals surface area contributed by atoms with Gasteiger partial charge in [0.25, 0.3) is 0 Å². The molecular formula is C24H32O5. The molecule has 0 saturated carbocycles. The van der Waals surface area contributed by atoms with Gasteiger partial charge in [0.15, 0.2) is 6.61 Å². The highest BCUT2D eigenvalue weighted by Gasteiger charge is 2.20. The molecular weight excluding hydrogens is 368 g/mol. The van der Waals surface area contributed by atoms with Gasteiger partial charge >= 0.3 is 11.6 Å². The van der Waals surface area contributed by atoms with Crippen LogP contribution in [0.2, 0.25) is 0 Å². The summed E-state index contributed by atoms with van der Waals surface area (Å²) in [6.45, 7) is 5.66. The minimum Gasteiger partial charge on any atom is -0.481 e. The summed E-state index contributed by atoms with van der Waals surface area (Å²) in [6.07, 6.45) is 9.13. The summed E-state index contributed by atoms with van der Waals surface area (Å²) in [5.41, 5.74) is 3.32. The van der Waals surface area contributed by atoms with E-state index in [9.17, 15) is 9.59 Å². The summed E-state index contributed by atoms with van der Waals surface area (Å²) in [6, 6.07) is 3.89. The van der Waals surface area contributed by atoms with E-state index in [-0.39, 0.29) is 18.3 Å². The van der Waals surface area contributed by atoms with Gasteiger partial charge in [0.2, 0.25) is 0 Å². The first-order chi connectivity index (χ1) is 14.0. The standard InChI is InChI=1S/C24H32O5/c1-4-5-6-7-10-17-13-20-18-11-8-9-12-19(18)24(26)29-22(20)14-21(17)27-15-23(25)28-16(2)3/h13-14,16H,4-12,15H2,1-3H3. The second kappa shape index (κ2) is 9.95. The van der Waals surface area contributed by atoms with Gasteiger partial charge in [-0.2, -0.15) is 0 Å². The van der Waals surface area contributed by atoms with E-state index in [4.69, 9.17) is 13.9 Å². The van der Waals surface area contributed by atoms with Gasteiger partial charge < -0.3 is 13.9 Å². The van der Waals surface area contributed by atoms with Crippen LogP contribution in [0.15, 0.2) is 21.3 Å². The number of carbonyl (C=O) groups is 1. The van der Waals surface area contributed by atoms with Gasteiger partial charge in [-0.25, -0.2) is 9.59 Å². The van der Waals surface area contributed by atoms with Crippen molar-refractivity contribution < 1.29 is 18.7 Å². The highest BCUT2D eigenvalue weighted by Crippen LogP contribution is 2.32. The molecule has 1 aliphatic rings. The molecule has 2 aromatic rings. The molecule has 1 heterocycles. The zero-order valence-electron chi connectivity index (χ0n) is 17.8. The molecule has 0 atom stereocenters. The lowest BCUT2D eigenvalue weighted by Crippen LogP contribution is -2.19. The number of ether oxygens (including phenoxy) is 2. The summed E-state index contributed by atoms with van der Waals surface area (Å²) in [5, 5.41) is 1.02. The lowest BCUT2D eigenvalue weighted by Gasteiger charge is -2.18. The quantitative estimate of drug-likeness (QED) is 0.332. The Balaban J connectivity index is 1.93. The minimum atomic E-state index is -0.399. The van der Waals surface area contributed by atoms with Gasteiger partial charge in [0.05, 0.1) is 6.10 Å². The molecule has 0 spiro atoms. The third kappa shape index (κ3) is 5.40. The molecule has 5 nitrogen and oxygen atoms in total. The van der Waals surface area contributed by atoms with Crippen molar-refractivity contribution >= 4 is 16.9 Å². The molecule has 5 heteroatoms. The van der Waals surface area contributed by atoms with Gasteiger partial charge in [0, 0.05) is 17.0 Å². The van der Waals surface area contributed by atoms with E-state index >= 15 is 0 Å². The van der Waals surface area contributed by atoms with Crippen molar-refractivity contribution in [3.8, 4) is 5.75 Å². The second-order valence-corrected chi connectivity index (χ2v) is 8.15. The highest BCUT2D eigenvalue weighted by atomic mass is 16.6. The van der Waals surface area contributed by atoms with E-state index in [0.29, 0.717) is 11.3 Å². The smallest absolute Gasteiger partial charge is 0.344 e. The third-order valence-corrected chi connectivity index (χ3v) is 5.42. The molecule has 29 heavy (non-hydrogen) atoms. The fourth-order valence-corrected chi connectivity index (χ4v) is 4.02. The van der Waals surface area contributed by atoms with Crippen LogP contribution in [0.4, 0.5) is 0 Å². The maximum atomic E-state index is 12.4. The number of aryl methyl sites for hydroxylation is 2. The zero-order valence-corrected chi connectivity index (χ0v) is 17.8. The minimum absolute atomic E-state index is 0.152. The summed E-state index contributed by atoms with van der Waals surface area (Å²) in [5.74, 6) is 0.206. The van der Waals surface area contributed by atoms with E-state index in [0.717, 1.165) is 67.0 Å². The van der Waals surface area contributed by atoms with Gasteiger partial charge in [-0.15, -0.1) is 0 Å². The Morgan fingerprint density at radius 2 is 1.86 bits per heavy atom. The monoisotopic (exact) mass is 400 g/mol. The van der Waals surface area contributed by atoms with Gasteiger partial charge in [-0.3, -0.25) is 0 Å². The molecule has 1 aliphatic carbocycles. The Morgan fingerprint density at radius 3 is 2.59 bits per heavy atom. The van der Waals surface area contributed by atoms with E-state index in [1.54, 1.807) is 6.07 Å². The molecule has 0 saturated heterocycles. The van der Waals surface area contributed by atoms with E-state index in [1.165, 1.54) is 12.8 Å². The van der Waals surface area contributed by atoms with Crippen LogP contribution in [0, 0.1) is 0 Å². The van der Waals surface area contributed by atoms with Gasteiger partial charge in [0.1, 0.15) is 11.3 Å². The van der Waals surface area contributed by atoms with Crippen LogP contribution in [0.5, 0.6) is 5.75 Å². The van der Waals surface area contributed by atoms with Crippen LogP contribution in [0.25, 0.3) is 11.0 Å². The summed E-state index contributed by atoms with van der Waals surface area (Å²) in [7, 11) is 0. The van der Waals surface area contributed by atoms with Crippen molar-refractivity contribution in [1.82, 2.24) is 0 Å². The molecule has 1 aromatic carbocycles. The molecule has 0 bridgehead atoms. The predicted molar refractivity (Wildman–Crippen MR) is 114 cm³/mol. The topological polar surface area (TPSA) is 65.7 Å². The number of rotatable bonds is 9. The van der Waals surface area contributed by atoms with Crippen LogP contribution in [0.3, 0.4) is 0 Å². The molecule has 0 fully saturated rings. The zero-order chi connectivity index (χ0) is 20.8. The van der Waals surface area contributed by atoms with Gasteiger partial charge in [-0.1, -0.05) is 26.2 Å². The average Bonchev–Trinajstić information content (AvgIpc) is 2.69. The number of benzene rings is 1. The van der Waals surface area contributed by atoms with Crippen LogP contribution >= 0.6 is 0 Å². The van der Waals surface area contributed by atoms with Crippen LogP contribution < -0.4 is 10.4 Å². The number of carbonyl (C=O) groups excluding carboxylic acids is 1. The Kier molecular flexibility index (Phi) is 7.34. The van der Waals surface area contributed by atoms with Crippen molar-refractivity contribution in [2.75, 3.05) is 6.61 Å². The molecule has 0 unspecified atom stereocenters. The van der Waals surface area contributed by atoms with E-state index < -0.39 is 5.97 Å². The molecule has 158 valence electrons. The second-order valence-electron chi connectivity index (χ2n) is 8.15. The number of fused-ring (bicyclic) bond motifs is 3. The van der Waals surface area contributed by atoms with Crippen molar-refractivity contribution in [3.63, 3.8) is 0 Å². The first-order valence-electron chi connectivity index (χ1n) is 10.9. The first kappa shape index (κ1) is 21.4. The van der Waals surface area contributed by atoms with Crippen LogP contribution in [-0.2, 0) is 28.8 Å². The predicted octanol–water partition coefficient (Wildman–Crippen LogP) is 5.13. The molecule has 3 rings (SSSR count). The summed E-state index contributed by atoms with van der Waals surface area (Å²) in [4.78, 5) is 24.3. The molecule has 0 N–H and O–H groups in total.